The molecule has 5 nitrogen and oxygen atoms in total. The minimum absolute atomic E-state index is 0.146. The molecule has 0 unspecified atom stereocenters. The van der Waals surface area contributed by atoms with Crippen LogP contribution in [0.15, 0.2) is 0 Å². The van der Waals surface area contributed by atoms with Gasteiger partial charge in [-0.25, -0.2) is 0 Å². The molecule has 0 atom stereocenters. The summed E-state index contributed by atoms with van der Waals surface area (Å²) >= 11 is 0. The molecular weight excluding hydrogens is 351 g/mol. The molecule has 0 aromatic heterocycles. The molecule has 0 saturated heterocycles. The van der Waals surface area contributed by atoms with Crippen molar-refractivity contribution in [2.45, 2.75) is 116 Å². The van der Waals surface area contributed by atoms with E-state index in [1.165, 1.54) is 12.8 Å². The highest BCUT2D eigenvalue weighted by Crippen LogP contribution is 2.56. The smallest absolute Gasteiger partial charge is 0.342 e. The zero-order chi connectivity index (χ0) is 19.9. The number of hydrogen-bond acceptors (Lipinski definition) is 3. The summed E-state index contributed by atoms with van der Waals surface area (Å²) in [6.45, 7) is 6.13. The Hall–Kier alpha value is -0.380. The molecule has 0 amide bonds. The van der Waals surface area contributed by atoms with E-state index in [0.29, 0.717) is 12.8 Å². The number of esters is 1. The molecule has 26 heavy (non-hydrogen) atoms. The van der Waals surface area contributed by atoms with Crippen molar-refractivity contribution in [3.05, 3.63) is 0 Å². The van der Waals surface area contributed by atoms with Crippen molar-refractivity contribution in [2.24, 2.45) is 0 Å². The Kier molecular flexibility index (Phi) is 14.4. The first-order valence-electron chi connectivity index (χ1n) is 10.6. The van der Waals surface area contributed by atoms with E-state index in [9.17, 15) is 19.1 Å². The summed E-state index contributed by atoms with van der Waals surface area (Å²) in [4.78, 5) is 32.6. The second kappa shape index (κ2) is 14.6. The third-order valence-corrected chi connectivity index (χ3v) is 6.85. The van der Waals surface area contributed by atoms with Gasteiger partial charge >= 0.3 is 13.6 Å². The van der Waals surface area contributed by atoms with E-state index < -0.39 is 18.7 Å². The van der Waals surface area contributed by atoms with Crippen LogP contribution in [0.3, 0.4) is 0 Å². The number of ether oxygens (including phenoxy) is 1. The van der Waals surface area contributed by atoms with Crippen LogP contribution < -0.4 is 0 Å². The molecule has 0 fully saturated rings. The summed E-state index contributed by atoms with van der Waals surface area (Å²) in [6, 6.07) is 0. The average molecular weight is 393 g/mol. The number of carbonyl (C=O) groups is 1. The Bertz CT molecular complexity index is 389. The van der Waals surface area contributed by atoms with Crippen molar-refractivity contribution >= 4 is 13.6 Å². The molecule has 0 aliphatic rings. The Morgan fingerprint density at radius 2 is 1.15 bits per heavy atom. The highest BCUT2D eigenvalue weighted by molar-refractivity contribution is 7.54. The van der Waals surface area contributed by atoms with Crippen LogP contribution in [0.2, 0.25) is 0 Å². The number of unbranched alkanes of at least 4 members (excludes halogenated alkanes) is 10. The zero-order valence-corrected chi connectivity index (χ0v) is 18.1. The minimum atomic E-state index is -4.59. The lowest BCUT2D eigenvalue weighted by atomic mass is 9.93. The fourth-order valence-electron chi connectivity index (χ4n) is 3.40. The lowest BCUT2D eigenvalue weighted by Crippen LogP contribution is -2.40. The minimum Gasteiger partial charge on any atom is -0.465 e. The van der Waals surface area contributed by atoms with Crippen LogP contribution in [-0.2, 0) is 14.1 Å². The van der Waals surface area contributed by atoms with Crippen LogP contribution >= 0.6 is 7.60 Å². The summed E-state index contributed by atoms with van der Waals surface area (Å²) in [5.74, 6) is -0.713. The molecule has 2 N–H and O–H groups in total. The van der Waals surface area contributed by atoms with Gasteiger partial charge in [0.2, 0.25) is 0 Å². The van der Waals surface area contributed by atoms with Crippen molar-refractivity contribution in [2.75, 3.05) is 6.61 Å². The SMILES string of the molecule is CCCCCCCCC(CCCCCCCC)(C(=O)OCC)P(=O)(O)O. The maximum Gasteiger partial charge on any atom is 0.342 e. The molecule has 0 spiro atoms. The Balaban J connectivity index is 4.84. The van der Waals surface area contributed by atoms with E-state index in [0.717, 1.165) is 51.4 Å². The van der Waals surface area contributed by atoms with Gasteiger partial charge in [-0.3, -0.25) is 9.36 Å². The Morgan fingerprint density at radius 3 is 1.50 bits per heavy atom. The summed E-state index contributed by atoms with van der Waals surface area (Å²) in [7, 11) is -4.59. The van der Waals surface area contributed by atoms with Gasteiger partial charge in [0.05, 0.1) is 6.61 Å². The lowest BCUT2D eigenvalue weighted by molar-refractivity contribution is -0.147. The fraction of sp³-hybridized carbons (Fsp3) is 0.950. The summed E-state index contributed by atoms with van der Waals surface area (Å²) in [6.07, 6.45) is 12.6. The molecule has 0 radical (unpaired) electrons. The molecule has 0 saturated carbocycles. The second-order valence-electron chi connectivity index (χ2n) is 7.33. The summed E-state index contributed by atoms with van der Waals surface area (Å²) in [5.41, 5.74) is 0. The van der Waals surface area contributed by atoms with E-state index in [1.807, 2.05) is 0 Å². The van der Waals surface area contributed by atoms with Gasteiger partial charge in [0.15, 0.2) is 5.16 Å². The van der Waals surface area contributed by atoms with Crippen molar-refractivity contribution in [1.82, 2.24) is 0 Å². The molecule has 0 aromatic carbocycles. The zero-order valence-electron chi connectivity index (χ0n) is 17.2. The van der Waals surface area contributed by atoms with Gasteiger partial charge in [0.1, 0.15) is 0 Å². The summed E-state index contributed by atoms with van der Waals surface area (Å²) < 4.78 is 17.4. The average Bonchev–Trinajstić information content (AvgIpc) is 2.58. The van der Waals surface area contributed by atoms with Crippen molar-refractivity contribution in [1.29, 1.82) is 0 Å². The van der Waals surface area contributed by atoms with E-state index >= 15 is 0 Å². The third-order valence-electron chi connectivity index (χ3n) is 5.10. The molecular formula is C20H41O5P. The first kappa shape index (κ1) is 25.6. The van der Waals surface area contributed by atoms with E-state index in [1.54, 1.807) is 6.92 Å². The van der Waals surface area contributed by atoms with Gasteiger partial charge in [-0.15, -0.1) is 0 Å². The molecule has 156 valence electrons. The quantitative estimate of drug-likeness (QED) is 0.181. The maximum absolute atomic E-state index is 12.5. The molecule has 0 heterocycles. The highest BCUT2D eigenvalue weighted by Gasteiger charge is 2.53. The van der Waals surface area contributed by atoms with Crippen LogP contribution in [-0.4, -0.2) is 27.5 Å². The number of rotatable bonds is 17. The van der Waals surface area contributed by atoms with Gasteiger partial charge in [0, 0.05) is 0 Å². The van der Waals surface area contributed by atoms with E-state index in [2.05, 4.69) is 13.8 Å². The van der Waals surface area contributed by atoms with E-state index in [-0.39, 0.29) is 19.4 Å². The molecule has 0 aliphatic carbocycles. The van der Waals surface area contributed by atoms with E-state index in [4.69, 9.17) is 4.74 Å². The van der Waals surface area contributed by atoms with Gasteiger partial charge in [-0.05, 0) is 19.8 Å². The molecule has 0 aromatic rings. The molecule has 0 bridgehead atoms. The maximum atomic E-state index is 12.5. The number of carbonyl (C=O) groups excluding carboxylic acids is 1. The first-order valence-corrected chi connectivity index (χ1v) is 12.2. The molecule has 6 heteroatoms. The van der Waals surface area contributed by atoms with Crippen molar-refractivity contribution < 1.29 is 23.9 Å². The lowest BCUT2D eigenvalue weighted by Gasteiger charge is -2.32. The van der Waals surface area contributed by atoms with Gasteiger partial charge in [-0.1, -0.05) is 90.9 Å². The Morgan fingerprint density at radius 1 is 0.769 bits per heavy atom. The topological polar surface area (TPSA) is 83.8 Å². The van der Waals surface area contributed by atoms with Gasteiger partial charge in [-0.2, -0.15) is 0 Å². The summed E-state index contributed by atoms with van der Waals surface area (Å²) in [5, 5.41) is -1.65. The van der Waals surface area contributed by atoms with Crippen molar-refractivity contribution in [3.8, 4) is 0 Å². The predicted octanol–water partition coefficient (Wildman–Crippen LogP) is 5.97. The molecule has 0 rings (SSSR count). The van der Waals surface area contributed by atoms with Crippen LogP contribution in [0.1, 0.15) is 111 Å². The van der Waals surface area contributed by atoms with Crippen LogP contribution in [0.5, 0.6) is 0 Å². The second-order valence-corrected chi connectivity index (χ2v) is 9.28. The van der Waals surface area contributed by atoms with Crippen LogP contribution in [0.25, 0.3) is 0 Å². The first-order chi connectivity index (χ1) is 12.4. The van der Waals surface area contributed by atoms with Crippen LogP contribution in [0, 0.1) is 0 Å². The van der Waals surface area contributed by atoms with Gasteiger partial charge < -0.3 is 14.5 Å². The molecule has 0 aliphatic heterocycles. The monoisotopic (exact) mass is 392 g/mol. The predicted molar refractivity (Wildman–Crippen MR) is 107 cm³/mol. The highest BCUT2D eigenvalue weighted by atomic mass is 31.2. The third kappa shape index (κ3) is 9.53. The normalized spacial score (nSPS) is 12.3. The largest absolute Gasteiger partial charge is 0.465 e. The van der Waals surface area contributed by atoms with Crippen molar-refractivity contribution in [3.63, 3.8) is 0 Å². The fourth-order valence-corrected chi connectivity index (χ4v) is 4.60. The van der Waals surface area contributed by atoms with Gasteiger partial charge in [0.25, 0.3) is 0 Å². The Labute approximate surface area is 160 Å². The number of hydrogen-bond donors (Lipinski definition) is 2. The standard InChI is InChI=1S/C20H41O5P/c1-4-7-9-11-13-15-17-20(26(22,23)24,19(21)25-6-3)18-16-14-12-10-8-5-2/h4-18H2,1-3H3,(H2,22,23,24). The van der Waals surface area contributed by atoms with Crippen LogP contribution in [0.4, 0.5) is 0 Å².